The van der Waals surface area contributed by atoms with Crippen molar-refractivity contribution in [2.24, 2.45) is 5.92 Å². The zero-order valence-electron chi connectivity index (χ0n) is 9.08. The van der Waals surface area contributed by atoms with Crippen LogP contribution in [0, 0.1) is 17.2 Å². The maximum absolute atomic E-state index is 10.9. The fourth-order valence-corrected chi connectivity index (χ4v) is 1.19. The lowest BCUT2D eigenvalue weighted by Gasteiger charge is -2.02. The van der Waals surface area contributed by atoms with Crippen LogP contribution in [0.1, 0.15) is 46.0 Å². The van der Waals surface area contributed by atoms with E-state index < -0.39 is 0 Å². The number of nitrogens with zero attached hydrogens (tertiary/aromatic N) is 1. The molecule has 3 nitrogen and oxygen atoms in total. The van der Waals surface area contributed by atoms with Crippen molar-refractivity contribution in [3.63, 3.8) is 0 Å². The second-order valence-electron chi connectivity index (χ2n) is 3.43. The lowest BCUT2D eigenvalue weighted by molar-refractivity contribution is -0.143. The predicted octanol–water partition coefficient (Wildman–Crippen LogP) is 2.66. The first-order chi connectivity index (χ1) is 6.70. The summed E-state index contributed by atoms with van der Waals surface area (Å²) >= 11 is 0. The Morgan fingerprint density at radius 1 is 1.43 bits per heavy atom. The van der Waals surface area contributed by atoms with Gasteiger partial charge in [-0.15, -0.1) is 0 Å². The lowest BCUT2D eigenvalue weighted by atomic mass is 10.0. The molecular formula is C11H19NO2. The zero-order chi connectivity index (χ0) is 10.8. The van der Waals surface area contributed by atoms with Crippen molar-refractivity contribution >= 4 is 5.97 Å². The Bertz CT molecular complexity index is 196. The number of hydrogen-bond donors (Lipinski definition) is 0. The second kappa shape index (κ2) is 8.55. The fourth-order valence-electron chi connectivity index (χ4n) is 1.19. The van der Waals surface area contributed by atoms with Crippen molar-refractivity contribution in [2.75, 3.05) is 6.61 Å². The number of carbonyl (C=O) groups is 1. The van der Waals surface area contributed by atoms with Crippen molar-refractivity contribution in [2.45, 2.75) is 46.0 Å². The molecule has 0 saturated heterocycles. The van der Waals surface area contributed by atoms with E-state index in [1.807, 2.05) is 13.8 Å². The van der Waals surface area contributed by atoms with Gasteiger partial charge in [-0.05, 0) is 26.7 Å². The minimum absolute atomic E-state index is 0.110. The molecule has 0 aliphatic rings. The summed E-state index contributed by atoms with van der Waals surface area (Å²) in [6.45, 7) is 4.20. The van der Waals surface area contributed by atoms with E-state index in [4.69, 9.17) is 10.00 Å². The number of unbranched alkanes of at least 4 members (excludes halogenated alkanes) is 2. The van der Waals surface area contributed by atoms with E-state index in [0.29, 0.717) is 13.0 Å². The standard InChI is InChI=1S/C11H19NO2/c1-3-14-11(13)8-6-4-5-7-10(2)9-12/h10H,3-8H2,1-2H3. The number of nitriles is 1. The molecule has 0 saturated carbocycles. The van der Waals surface area contributed by atoms with Gasteiger partial charge in [0.2, 0.25) is 0 Å². The van der Waals surface area contributed by atoms with E-state index in [1.54, 1.807) is 0 Å². The summed E-state index contributed by atoms with van der Waals surface area (Å²) in [5.74, 6) is 0.0263. The largest absolute Gasteiger partial charge is 0.466 e. The SMILES string of the molecule is CCOC(=O)CCCCCC(C)C#N. The van der Waals surface area contributed by atoms with Crippen LogP contribution in [0.5, 0.6) is 0 Å². The number of ether oxygens (including phenoxy) is 1. The Morgan fingerprint density at radius 3 is 2.71 bits per heavy atom. The summed E-state index contributed by atoms with van der Waals surface area (Å²) in [6.07, 6.45) is 4.34. The van der Waals surface area contributed by atoms with Crippen LogP contribution in [-0.2, 0) is 9.53 Å². The molecule has 1 atom stereocenters. The van der Waals surface area contributed by atoms with Gasteiger partial charge in [0.15, 0.2) is 0 Å². The first-order valence-corrected chi connectivity index (χ1v) is 5.26. The van der Waals surface area contributed by atoms with Crippen LogP contribution in [0.25, 0.3) is 0 Å². The maximum atomic E-state index is 10.9. The third-order valence-electron chi connectivity index (χ3n) is 2.04. The molecule has 0 spiro atoms. The number of esters is 1. The summed E-state index contributed by atoms with van der Waals surface area (Å²) in [4.78, 5) is 10.9. The summed E-state index contributed by atoms with van der Waals surface area (Å²) in [5.41, 5.74) is 0. The number of rotatable bonds is 7. The highest BCUT2D eigenvalue weighted by molar-refractivity contribution is 5.69. The maximum Gasteiger partial charge on any atom is 0.305 e. The Morgan fingerprint density at radius 2 is 2.14 bits per heavy atom. The highest BCUT2D eigenvalue weighted by Gasteiger charge is 2.02. The first kappa shape index (κ1) is 13.0. The zero-order valence-corrected chi connectivity index (χ0v) is 9.08. The van der Waals surface area contributed by atoms with Gasteiger partial charge in [-0.2, -0.15) is 5.26 Å². The average Bonchev–Trinajstić information content (AvgIpc) is 2.17. The third kappa shape index (κ3) is 7.60. The molecule has 0 aromatic rings. The van der Waals surface area contributed by atoms with Gasteiger partial charge >= 0.3 is 5.97 Å². The van der Waals surface area contributed by atoms with E-state index in [2.05, 4.69) is 6.07 Å². The minimum atomic E-state index is -0.110. The van der Waals surface area contributed by atoms with Crippen LogP contribution in [-0.4, -0.2) is 12.6 Å². The Hall–Kier alpha value is -1.04. The molecule has 3 heteroatoms. The average molecular weight is 197 g/mol. The van der Waals surface area contributed by atoms with Gasteiger partial charge in [0.1, 0.15) is 0 Å². The van der Waals surface area contributed by atoms with E-state index >= 15 is 0 Å². The molecule has 0 aliphatic carbocycles. The van der Waals surface area contributed by atoms with Crippen LogP contribution in [0.4, 0.5) is 0 Å². The molecule has 0 N–H and O–H groups in total. The monoisotopic (exact) mass is 197 g/mol. The molecular weight excluding hydrogens is 178 g/mol. The molecule has 0 aromatic carbocycles. The van der Waals surface area contributed by atoms with Crippen LogP contribution in [0.2, 0.25) is 0 Å². The van der Waals surface area contributed by atoms with Gasteiger partial charge in [-0.25, -0.2) is 0 Å². The summed E-state index contributed by atoms with van der Waals surface area (Å²) in [6, 6.07) is 2.19. The highest BCUT2D eigenvalue weighted by Crippen LogP contribution is 2.09. The Labute approximate surface area is 86.1 Å². The smallest absolute Gasteiger partial charge is 0.305 e. The second-order valence-corrected chi connectivity index (χ2v) is 3.43. The van der Waals surface area contributed by atoms with Crippen molar-refractivity contribution < 1.29 is 9.53 Å². The summed E-state index contributed by atoms with van der Waals surface area (Å²) in [5, 5.41) is 8.53. The predicted molar refractivity (Wildman–Crippen MR) is 54.5 cm³/mol. The van der Waals surface area contributed by atoms with Crippen molar-refractivity contribution in [1.29, 1.82) is 5.26 Å². The van der Waals surface area contributed by atoms with E-state index in [9.17, 15) is 4.79 Å². The molecule has 0 heterocycles. The molecule has 0 rings (SSSR count). The van der Waals surface area contributed by atoms with Gasteiger partial charge in [-0.1, -0.05) is 12.8 Å². The van der Waals surface area contributed by atoms with Gasteiger partial charge in [-0.3, -0.25) is 4.79 Å². The Balaban J connectivity index is 3.22. The van der Waals surface area contributed by atoms with Crippen LogP contribution < -0.4 is 0 Å². The molecule has 0 aliphatic heterocycles. The molecule has 0 aromatic heterocycles. The van der Waals surface area contributed by atoms with Crippen LogP contribution in [0.15, 0.2) is 0 Å². The first-order valence-electron chi connectivity index (χ1n) is 5.26. The van der Waals surface area contributed by atoms with Crippen LogP contribution in [0.3, 0.4) is 0 Å². The van der Waals surface area contributed by atoms with Gasteiger partial charge < -0.3 is 4.74 Å². The summed E-state index contributed by atoms with van der Waals surface area (Å²) < 4.78 is 4.80. The molecule has 80 valence electrons. The third-order valence-corrected chi connectivity index (χ3v) is 2.04. The van der Waals surface area contributed by atoms with Gasteiger partial charge in [0.25, 0.3) is 0 Å². The lowest BCUT2D eigenvalue weighted by Crippen LogP contribution is -2.03. The van der Waals surface area contributed by atoms with E-state index in [1.165, 1.54) is 0 Å². The molecule has 0 fully saturated rings. The molecule has 14 heavy (non-hydrogen) atoms. The molecule has 1 unspecified atom stereocenters. The molecule has 0 bridgehead atoms. The number of hydrogen-bond acceptors (Lipinski definition) is 3. The minimum Gasteiger partial charge on any atom is -0.466 e. The van der Waals surface area contributed by atoms with Crippen molar-refractivity contribution in [3.8, 4) is 6.07 Å². The van der Waals surface area contributed by atoms with Crippen molar-refractivity contribution in [1.82, 2.24) is 0 Å². The Kier molecular flexibility index (Phi) is 7.92. The topological polar surface area (TPSA) is 50.1 Å². The van der Waals surface area contributed by atoms with E-state index in [-0.39, 0.29) is 11.9 Å². The normalized spacial score (nSPS) is 11.8. The van der Waals surface area contributed by atoms with Gasteiger partial charge in [0.05, 0.1) is 12.7 Å². The number of carbonyl (C=O) groups excluding carboxylic acids is 1. The highest BCUT2D eigenvalue weighted by atomic mass is 16.5. The fraction of sp³-hybridized carbons (Fsp3) is 0.818. The van der Waals surface area contributed by atoms with E-state index in [0.717, 1.165) is 25.7 Å². The van der Waals surface area contributed by atoms with Crippen LogP contribution >= 0.6 is 0 Å². The van der Waals surface area contributed by atoms with Crippen molar-refractivity contribution in [3.05, 3.63) is 0 Å². The summed E-state index contributed by atoms with van der Waals surface area (Å²) in [7, 11) is 0. The van der Waals surface area contributed by atoms with Gasteiger partial charge in [0, 0.05) is 12.3 Å². The quantitative estimate of drug-likeness (QED) is 0.465. The molecule has 0 amide bonds. The molecule has 0 radical (unpaired) electrons.